The van der Waals surface area contributed by atoms with Crippen LogP contribution in [0.25, 0.3) is 0 Å². The van der Waals surface area contributed by atoms with E-state index in [-0.39, 0.29) is 16.4 Å². The fraction of sp³-hybridized carbons (Fsp3) is 0.133. The Morgan fingerprint density at radius 3 is 2.56 bits per heavy atom. The molecule has 0 radical (unpaired) electrons. The van der Waals surface area contributed by atoms with Gasteiger partial charge < -0.3 is 10.1 Å². The van der Waals surface area contributed by atoms with Crippen molar-refractivity contribution < 1.29 is 27.6 Å². The van der Waals surface area contributed by atoms with Crippen LogP contribution in [0, 0.1) is 10.1 Å². The Labute approximate surface area is 144 Å². The Balaban J connectivity index is 2.08. The molecule has 6 nitrogen and oxygen atoms in total. The van der Waals surface area contributed by atoms with Crippen molar-refractivity contribution in [2.24, 2.45) is 0 Å². The molecule has 1 amide bonds. The van der Waals surface area contributed by atoms with Crippen LogP contribution in [0.1, 0.15) is 5.56 Å². The normalized spacial score (nSPS) is 11.0. The van der Waals surface area contributed by atoms with Gasteiger partial charge in [-0.05, 0) is 18.2 Å². The first-order chi connectivity index (χ1) is 11.7. The van der Waals surface area contributed by atoms with Gasteiger partial charge in [0, 0.05) is 12.1 Å². The third-order valence-corrected chi connectivity index (χ3v) is 3.32. The molecule has 2 aromatic carbocycles. The first kappa shape index (κ1) is 18.5. The first-order valence-electron chi connectivity index (χ1n) is 6.71. The van der Waals surface area contributed by atoms with E-state index < -0.39 is 34.9 Å². The Morgan fingerprint density at radius 2 is 1.92 bits per heavy atom. The van der Waals surface area contributed by atoms with Crippen molar-refractivity contribution >= 4 is 28.9 Å². The lowest BCUT2D eigenvalue weighted by Gasteiger charge is -2.13. The zero-order chi connectivity index (χ0) is 18.6. The van der Waals surface area contributed by atoms with E-state index in [4.69, 9.17) is 16.3 Å². The number of amides is 1. The van der Waals surface area contributed by atoms with Gasteiger partial charge in [-0.2, -0.15) is 13.2 Å². The van der Waals surface area contributed by atoms with Gasteiger partial charge >= 0.3 is 6.18 Å². The topological polar surface area (TPSA) is 81.5 Å². The summed E-state index contributed by atoms with van der Waals surface area (Å²) >= 11 is 5.82. The van der Waals surface area contributed by atoms with E-state index in [0.29, 0.717) is 0 Å². The summed E-state index contributed by atoms with van der Waals surface area (Å²) in [6, 6.07) is 7.83. The number of non-ortho nitro benzene ring substituents is 1. The maximum atomic E-state index is 12.8. The second-order valence-electron chi connectivity index (χ2n) is 4.75. The highest BCUT2D eigenvalue weighted by Gasteiger charge is 2.34. The monoisotopic (exact) mass is 374 g/mol. The Morgan fingerprint density at radius 1 is 1.24 bits per heavy atom. The molecule has 0 unspecified atom stereocenters. The van der Waals surface area contributed by atoms with Crippen LogP contribution in [0.2, 0.25) is 5.02 Å². The SMILES string of the molecule is O=C(COc1ccccc1C(F)(F)F)Nc1cc([N+](=O)[O-])ccc1Cl. The van der Waals surface area contributed by atoms with Crippen LogP contribution in [0.3, 0.4) is 0 Å². The van der Waals surface area contributed by atoms with Crippen LogP contribution in [-0.4, -0.2) is 17.4 Å². The maximum absolute atomic E-state index is 12.8. The average Bonchev–Trinajstić information content (AvgIpc) is 2.54. The van der Waals surface area contributed by atoms with E-state index in [0.717, 1.165) is 24.3 Å². The minimum Gasteiger partial charge on any atom is -0.483 e. The van der Waals surface area contributed by atoms with Crippen LogP contribution in [-0.2, 0) is 11.0 Å². The van der Waals surface area contributed by atoms with E-state index in [9.17, 15) is 28.1 Å². The molecule has 0 aliphatic heterocycles. The highest BCUT2D eigenvalue weighted by Crippen LogP contribution is 2.35. The summed E-state index contributed by atoms with van der Waals surface area (Å²) in [5.74, 6) is -1.32. The second kappa shape index (κ2) is 7.39. The van der Waals surface area contributed by atoms with E-state index in [1.54, 1.807) is 0 Å². The summed E-state index contributed by atoms with van der Waals surface area (Å²) in [7, 11) is 0. The Kier molecular flexibility index (Phi) is 5.48. The molecule has 0 fully saturated rings. The first-order valence-corrected chi connectivity index (χ1v) is 7.09. The molecule has 25 heavy (non-hydrogen) atoms. The van der Waals surface area contributed by atoms with Crippen molar-refractivity contribution in [1.29, 1.82) is 0 Å². The van der Waals surface area contributed by atoms with Gasteiger partial charge in [0.05, 0.1) is 21.2 Å². The molecule has 132 valence electrons. The number of carbonyl (C=O) groups excluding carboxylic acids is 1. The quantitative estimate of drug-likeness (QED) is 0.625. The molecule has 0 saturated carbocycles. The van der Waals surface area contributed by atoms with Crippen LogP contribution in [0.4, 0.5) is 24.5 Å². The van der Waals surface area contributed by atoms with E-state index in [1.165, 1.54) is 18.2 Å². The zero-order valence-corrected chi connectivity index (χ0v) is 13.1. The van der Waals surface area contributed by atoms with Gasteiger partial charge in [0.1, 0.15) is 5.75 Å². The smallest absolute Gasteiger partial charge is 0.419 e. The molecule has 0 aliphatic rings. The molecule has 2 rings (SSSR count). The van der Waals surface area contributed by atoms with Gasteiger partial charge in [0.15, 0.2) is 6.61 Å². The lowest BCUT2D eigenvalue weighted by Crippen LogP contribution is -2.21. The molecule has 1 N–H and O–H groups in total. The highest BCUT2D eigenvalue weighted by atomic mass is 35.5. The summed E-state index contributed by atoms with van der Waals surface area (Å²) in [5, 5.41) is 13.0. The standard InChI is InChI=1S/C15H10ClF3N2O4/c16-11-6-5-9(21(23)24)7-12(11)20-14(22)8-25-13-4-2-1-3-10(13)15(17,18)19/h1-7H,8H2,(H,20,22). The van der Waals surface area contributed by atoms with Crippen molar-refractivity contribution in [3.05, 3.63) is 63.2 Å². The number of carbonyl (C=O) groups is 1. The number of benzene rings is 2. The molecule has 0 aliphatic carbocycles. The number of nitro groups is 1. The minimum absolute atomic E-state index is 0.0367. The number of hydrogen-bond acceptors (Lipinski definition) is 4. The Bertz CT molecular complexity index is 812. The number of halogens is 4. The number of nitrogens with one attached hydrogen (secondary N) is 1. The fourth-order valence-corrected chi connectivity index (χ4v) is 2.04. The van der Waals surface area contributed by atoms with Gasteiger partial charge in [-0.3, -0.25) is 14.9 Å². The van der Waals surface area contributed by atoms with Crippen LogP contribution in [0.5, 0.6) is 5.75 Å². The average molecular weight is 375 g/mol. The number of para-hydroxylation sites is 1. The highest BCUT2D eigenvalue weighted by molar-refractivity contribution is 6.33. The summed E-state index contributed by atoms with van der Waals surface area (Å²) in [6.45, 7) is -0.730. The largest absolute Gasteiger partial charge is 0.483 e. The molecule has 10 heteroatoms. The number of ether oxygens (including phenoxy) is 1. The molecule has 0 spiro atoms. The van der Waals surface area contributed by atoms with Gasteiger partial charge in [0.25, 0.3) is 11.6 Å². The molecule has 0 saturated heterocycles. The van der Waals surface area contributed by atoms with Gasteiger partial charge in [-0.15, -0.1) is 0 Å². The predicted molar refractivity (Wildman–Crippen MR) is 83.7 cm³/mol. The van der Waals surface area contributed by atoms with Crippen molar-refractivity contribution in [1.82, 2.24) is 0 Å². The van der Waals surface area contributed by atoms with Crippen molar-refractivity contribution in [2.75, 3.05) is 11.9 Å². The lowest BCUT2D eigenvalue weighted by atomic mass is 10.2. The third-order valence-electron chi connectivity index (χ3n) is 2.99. The number of nitro benzene ring substituents is 1. The number of hydrogen-bond donors (Lipinski definition) is 1. The fourth-order valence-electron chi connectivity index (χ4n) is 1.88. The third kappa shape index (κ3) is 4.83. The van der Waals surface area contributed by atoms with E-state index in [2.05, 4.69) is 5.32 Å². The van der Waals surface area contributed by atoms with E-state index in [1.807, 2.05) is 0 Å². The summed E-state index contributed by atoms with van der Waals surface area (Å²) in [6.07, 6.45) is -4.63. The zero-order valence-electron chi connectivity index (χ0n) is 12.3. The summed E-state index contributed by atoms with van der Waals surface area (Å²) < 4.78 is 43.4. The lowest BCUT2D eigenvalue weighted by molar-refractivity contribution is -0.384. The molecule has 0 atom stereocenters. The molecule has 0 heterocycles. The second-order valence-corrected chi connectivity index (χ2v) is 5.16. The molecule has 0 aromatic heterocycles. The number of alkyl halides is 3. The number of anilines is 1. The molecule has 2 aromatic rings. The number of nitrogens with zero attached hydrogens (tertiary/aromatic N) is 1. The van der Waals surface area contributed by atoms with Crippen LogP contribution >= 0.6 is 11.6 Å². The van der Waals surface area contributed by atoms with Crippen molar-refractivity contribution in [2.45, 2.75) is 6.18 Å². The summed E-state index contributed by atoms with van der Waals surface area (Å²) in [5.41, 5.74) is -1.37. The molecular weight excluding hydrogens is 365 g/mol. The molecular formula is C15H10ClF3N2O4. The van der Waals surface area contributed by atoms with Crippen LogP contribution < -0.4 is 10.1 Å². The van der Waals surface area contributed by atoms with Crippen LogP contribution in [0.15, 0.2) is 42.5 Å². The predicted octanol–water partition coefficient (Wildman–Crippen LogP) is 4.28. The maximum Gasteiger partial charge on any atom is 0.419 e. The van der Waals surface area contributed by atoms with E-state index >= 15 is 0 Å². The van der Waals surface area contributed by atoms with Crippen molar-refractivity contribution in [3.8, 4) is 5.75 Å². The minimum atomic E-state index is -4.63. The summed E-state index contributed by atoms with van der Waals surface area (Å²) in [4.78, 5) is 21.9. The van der Waals surface area contributed by atoms with Gasteiger partial charge in [-0.1, -0.05) is 23.7 Å². The number of rotatable bonds is 5. The molecule has 0 bridgehead atoms. The van der Waals surface area contributed by atoms with Gasteiger partial charge in [-0.25, -0.2) is 0 Å². The van der Waals surface area contributed by atoms with Gasteiger partial charge in [0.2, 0.25) is 0 Å². The van der Waals surface area contributed by atoms with Crippen molar-refractivity contribution in [3.63, 3.8) is 0 Å². The Hall–Kier alpha value is -2.81.